The number of nitrogens with two attached hydrogens (primary N) is 1. The molecule has 1 fully saturated rings. The van der Waals surface area contributed by atoms with Crippen LogP contribution in [0, 0.1) is 11.8 Å². The van der Waals surface area contributed by atoms with E-state index in [0.29, 0.717) is 42.1 Å². The van der Waals surface area contributed by atoms with Gasteiger partial charge in [-0.25, -0.2) is 0 Å². The van der Waals surface area contributed by atoms with Gasteiger partial charge in [0.15, 0.2) is 0 Å². The van der Waals surface area contributed by atoms with Gasteiger partial charge in [0.1, 0.15) is 12.0 Å². The van der Waals surface area contributed by atoms with Gasteiger partial charge in [-0.05, 0) is 80.0 Å². The van der Waals surface area contributed by atoms with Gasteiger partial charge >= 0.3 is 0 Å². The summed E-state index contributed by atoms with van der Waals surface area (Å²) in [5, 5.41) is 0. The van der Waals surface area contributed by atoms with E-state index >= 15 is 0 Å². The molecule has 25 heavy (non-hydrogen) atoms. The number of fused-ring (bicyclic) bond motifs is 3. The third-order valence-electron chi connectivity index (χ3n) is 5.88. The molecule has 1 amide bonds. The first kappa shape index (κ1) is 17.7. The fraction of sp³-hybridized carbons (Fsp3) is 0.524. The Balaban J connectivity index is 1.97. The molecule has 4 nitrogen and oxygen atoms in total. The molecule has 1 aromatic rings. The number of aldehydes is 1. The summed E-state index contributed by atoms with van der Waals surface area (Å²) >= 11 is 0. The smallest absolute Gasteiger partial charge is 0.252 e. The average molecular weight is 341 g/mol. The minimum Gasteiger partial charge on any atom is -0.493 e. The van der Waals surface area contributed by atoms with Crippen LogP contribution in [0.3, 0.4) is 0 Å². The van der Waals surface area contributed by atoms with Crippen LogP contribution in [-0.4, -0.2) is 18.8 Å². The Morgan fingerprint density at radius 1 is 1.36 bits per heavy atom. The SMILES string of the molecule is C=C1CCC2c3cc(OCC)c(C(N)=O)cc3CCC2C1CCC=O. The number of hydrogen-bond donors (Lipinski definition) is 1. The van der Waals surface area contributed by atoms with Crippen molar-refractivity contribution in [2.24, 2.45) is 17.6 Å². The number of aryl methyl sites for hydroxylation is 1. The van der Waals surface area contributed by atoms with Gasteiger partial charge in [-0.3, -0.25) is 4.79 Å². The lowest BCUT2D eigenvalue weighted by Gasteiger charge is -2.44. The van der Waals surface area contributed by atoms with Crippen molar-refractivity contribution in [3.05, 3.63) is 41.0 Å². The van der Waals surface area contributed by atoms with Gasteiger partial charge < -0.3 is 15.3 Å². The van der Waals surface area contributed by atoms with Gasteiger partial charge in [0, 0.05) is 6.42 Å². The Morgan fingerprint density at radius 3 is 2.84 bits per heavy atom. The summed E-state index contributed by atoms with van der Waals surface area (Å²) in [5.74, 6) is 1.57. The fourth-order valence-corrected chi connectivity index (χ4v) is 4.77. The molecule has 134 valence electrons. The summed E-state index contributed by atoms with van der Waals surface area (Å²) in [7, 11) is 0. The van der Waals surface area contributed by atoms with Crippen LogP contribution in [0.25, 0.3) is 0 Å². The number of primary amides is 1. The van der Waals surface area contributed by atoms with Crippen molar-refractivity contribution in [3.8, 4) is 5.75 Å². The molecule has 2 N–H and O–H groups in total. The van der Waals surface area contributed by atoms with Crippen LogP contribution in [0.5, 0.6) is 5.75 Å². The second-order valence-electron chi connectivity index (χ2n) is 7.20. The summed E-state index contributed by atoms with van der Waals surface area (Å²) in [6.07, 6.45) is 6.61. The zero-order chi connectivity index (χ0) is 18.0. The van der Waals surface area contributed by atoms with Gasteiger partial charge in [-0.2, -0.15) is 0 Å². The molecule has 2 aliphatic rings. The molecule has 0 aromatic heterocycles. The Morgan fingerprint density at radius 2 is 2.16 bits per heavy atom. The third-order valence-corrected chi connectivity index (χ3v) is 5.88. The van der Waals surface area contributed by atoms with Crippen LogP contribution >= 0.6 is 0 Å². The van der Waals surface area contributed by atoms with E-state index in [1.807, 2.05) is 19.1 Å². The van der Waals surface area contributed by atoms with Gasteiger partial charge in [-0.1, -0.05) is 12.2 Å². The summed E-state index contributed by atoms with van der Waals surface area (Å²) in [6, 6.07) is 3.98. The second kappa shape index (κ2) is 7.42. The van der Waals surface area contributed by atoms with Gasteiger partial charge in [-0.15, -0.1) is 0 Å². The Kier molecular flexibility index (Phi) is 5.26. The average Bonchev–Trinajstić information content (AvgIpc) is 2.60. The van der Waals surface area contributed by atoms with Gasteiger partial charge in [0.25, 0.3) is 5.91 Å². The quantitative estimate of drug-likeness (QED) is 0.632. The van der Waals surface area contributed by atoms with E-state index in [1.54, 1.807) is 0 Å². The molecule has 0 heterocycles. The predicted octanol–water partition coefficient (Wildman–Crippen LogP) is 3.78. The monoisotopic (exact) mass is 341 g/mol. The van der Waals surface area contributed by atoms with Crippen molar-refractivity contribution < 1.29 is 14.3 Å². The molecule has 0 saturated heterocycles. The molecule has 1 aromatic carbocycles. The Hall–Kier alpha value is -2.10. The fourth-order valence-electron chi connectivity index (χ4n) is 4.77. The minimum absolute atomic E-state index is 0.420. The molecule has 3 atom stereocenters. The number of allylic oxidation sites excluding steroid dienone is 1. The van der Waals surface area contributed by atoms with Crippen LogP contribution in [0.4, 0.5) is 0 Å². The molecule has 1 saturated carbocycles. The summed E-state index contributed by atoms with van der Waals surface area (Å²) in [5.41, 5.74) is 9.84. The van der Waals surface area contributed by atoms with E-state index in [-0.39, 0.29) is 0 Å². The normalized spacial score (nSPS) is 25.0. The maximum Gasteiger partial charge on any atom is 0.252 e. The topological polar surface area (TPSA) is 69.4 Å². The molecule has 0 bridgehead atoms. The largest absolute Gasteiger partial charge is 0.493 e. The molecular formula is C21H27NO3. The number of amides is 1. The van der Waals surface area contributed by atoms with Crippen LogP contribution in [-0.2, 0) is 11.2 Å². The molecule has 3 unspecified atom stereocenters. The highest BCUT2D eigenvalue weighted by molar-refractivity contribution is 5.96. The standard InChI is InChI=1S/C21H27NO3/c1-3-25-20-12-18-14(11-19(20)21(22)24)7-9-16-15(5-4-10-23)13(2)6-8-17(16)18/h10-12,15-17H,2-9H2,1H3,(H2,22,24). The summed E-state index contributed by atoms with van der Waals surface area (Å²) in [6.45, 7) is 6.69. The number of ether oxygens (including phenoxy) is 1. The number of hydrogen-bond acceptors (Lipinski definition) is 3. The zero-order valence-corrected chi connectivity index (χ0v) is 14.9. The van der Waals surface area contributed by atoms with Gasteiger partial charge in [0.05, 0.1) is 12.2 Å². The predicted molar refractivity (Wildman–Crippen MR) is 97.8 cm³/mol. The lowest BCUT2D eigenvalue weighted by Crippen LogP contribution is -2.33. The van der Waals surface area contributed by atoms with E-state index < -0.39 is 5.91 Å². The first-order valence-electron chi connectivity index (χ1n) is 9.27. The maximum absolute atomic E-state index is 11.8. The number of benzene rings is 1. The Labute approximate surface area is 149 Å². The maximum atomic E-state index is 11.8. The molecule has 2 aliphatic carbocycles. The molecule has 3 rings (SSSR count). The third kappa shape index (κ3) is 3.35. The highest BCUT2D eigenvalue weighted by Crippen LogP contribution is 2.51. The van der Waals surface area contributed by atoms with Crippen LogP contribution < -0.4 is 10.5 Å². The van der Waals surface area contributed by atoms with Crippen molar-refractivity contribution in [2.75, 3.05) is 6.61 Å². The molecular weight excluding hydrogens is 314 g/mol. The van der Waals surface area contributed by atoms with Gasteiger partial charge in [0.2, 0.25) is 0 Å². The first-order chi connectivity index (χ1) is 12.1. The molecule has 0 aliphatic heterocycles. The highest BCUT2D eigenvalue weighted by atomic mass is 16.5. The van der Waals surface area contributed by atoms with E-state index in [9.17, 15) is 9.59 Å². The van der Waals surface area contributed by atoms with Crippen molar-refractivity contribution in [1.29, 1.82) is 0 Å². The minimum atomic E-state index is -0.436. The van der Waals surface area contributed by atoms with E-state index in [1.165, 1.54) is 16.7 Å². The Bertz CT molecular complexity index is 695. The van der Waals surface area contributed by atoms with E-state index in [4.69, 9.17) is 10.5 Å². The van der Waals surface area contributed by atoms with Crippen molar-refractivity contribution in [1.82, 2.24) is 0 Å². The lowest BCUT2D eigenvalue weighted by atomic mass is 9.61. The van der Waals surface area contributed by atoms with Crippen molar-refractivity contribution in [3.63, 3.8) is 0 Å². The summed E-state index contributed by atoms with van der Waals surface area (Å²) in [4.78, 5) is 22.6. The van der Waals surface area contributed by atoms with E-state index in [0.717, 1.165) is 38.4 Å². The molecule has 4 heteroatoms. The van der Waals surface area contributed by atoms with Crippen LogP contribution in [0.15, 0.2) is 24.3 Å². The van der Waals surface area contributed by atoms with Crippen LogP contribution in [0.1, 0.15) is 66.4 Å². The first-order valence-corrected chi connectivity index (χ1v) is 9.27. The number of carbonyl (C=O) groups excluding carboxylic acids is 2. The highest BCUT2D eigenvalue weighted by Gasteiger charge is 2.39. The second-order valence-corrected chi connectivity index (χ2v) is 7.20. The molecule has 0 radical (unpaired) electrons. The lowest BCUT2D eigenvalue weighted by molar-refractivity contribution is -0.108. The zero-order valence-electron chi connectivity index (χ0n) is 14.9. The van der Waals surface area contributed by atoms with Crippen molar-refractivity contribution >= 4 is 12.2 Å². The van der Waals surface area contributed by atoms with Crippen molar-refractivity contribution in [2.45, 2.75) is 51.4 Å². The summed E-state index contributed by atoms with van der Waals surface area (Å²) < 4.78 is 5.69. The van der Waals surface area contributed by atoms with Crippen LogP contribution in [0.2, 0.25) is 0 Å². The number of rotatable bonds is 6. The molecule has 0 spiro atoms. The number of carbonyl (C=O) groups is 2. The van der Waals surface area contributed by atoms with E-state index in [2.05, 4.69) is 6.58 Å².